The molecule has 0 bridgehead atoms. The summed E-state index contributed by atoms with van der Waals surface area (Å²) in [6, 6.07) is 13.0. The lowest BCUT2D eigenvalue weighted by Gasteiger charge is -2.29. The highest BCUT2D eigenvalue weighted by Gasteiger charge is 2.26. The molecule has 168 valence electrons. The maximum atomic E-state index is 12.9. The Kier molecular flexibility index (Phi) is 8.10. The lowest BCUT2D eigenvalue weighted by Crippen LogP contribution is -2.44. The van der Waals surface area contributed by atoms with Gasteiger partial charge in [-0.25, -0.2) is 8.42 Å². The number of benzene rings is 2. The molecule has 0 aromatic heterocycles. The van der Waals surface area contributed by atoms with E-state index in [0.29, 0.717) is 25.3 Å². The highest BCUT2D eigenvalue weighted by atomic mass is 79.9. The molecule has 1 fully saturated rings. The Morgan fingerprint density at radius 3 is 2.26 bits per heavy atom. The van der Waals surface area contributed by atoms with Gasteiger partial charge in [0.1, 0.15) is 6.04 Å². The van der Waals surface area contributed by atoms with Crippen molar-refractivity contribution in [2.45, 2.75) is 31.2 Å². The standard InChI is InChI=1S/C22H28BrN3O4S/c1-16(2)15-21(25-31(28,29)20-9-3-17(23)4-10-20)22(27)24-18-5-7-19(8-6-18)26-11-13-30-14-12-26/h3-10,16,21,25H,11-15H2,1-2H3,(H,24,27). The van der Waals surface area contributed by atoms with E-state index in [1.165, 1.54) is 12.1 Å². The second-order valence-electron chi connectivity index (χ2n) is 7.89. The number of hydrogen-bond acceptors (Lipinski definition) is 5. The molecule has 31 heavy (non-hydrogen) atoms. The largest absolute Gasteiger partial charge is 0.378 e. The van der Waals surface area contributed by atoms with Crippen LogP contribution in [0.4, 0.5) is 11.4 Å². The van der Waals surface area contributed by atoms with Crippen molar-refractivity contribution >= 4 is 43.2 Å². The van der Waals surface area contributed by atoms with Gasteiger partial charge in [0, 0.05) is 28.9 Å². The monoisotopic (exact) mass is 509 g/mol. The molecule has 1 atom stereocenters. The van der Waals surface area contributed by atoms with Gasteiger partial charge < -0.3 is 15.0 Å². The summed E-state index contributed by atoms with van der Waals surface area (Å²) < 4.78 is 34.3. The van der Waals surface area contributed by atoms with Gasteiger partial charge in [-0.1, -0.05) is 29.8 Å². The summed E-state index contributed by atoms with van der Waals surface area (Å²) in [6.07, 6.45) is 0.382. The molecule has 1 aliphatic heterocycles. The van der Waals surface area contributed by atoms with Gasteiger partial charge in [0.2, 0.25) is 15.9 Å². The van der Waals surface area contributed by atoms with E-state index in [9.17, 15) is 13.2 Å². The molecule has 3 rings (SSSR count). The molecule has 2 N–H and O–H groups in total. The molecular formula is C22H28BrN3O4S. The number of carbonyl (C=O) groups is 1. The summed E-state index contributed by atoms with van der Waals surface area (Å²) in [5, 5.41) is 2.84. The molecule has 9 heteroatoms. The van der Waals surface area contributed by atoms with Gasteiger partial charge in [0.25, 0.3) is 0 Å². The zero-order valence-corrected chi connectivity index (χ0v) is 20.1. The van der Waals surface area contributed by atoms with Gasteiger partial charge in [0.15, 0.2) is 0 Å². The number of morpholine rings is 1. The highest BCUT2D eigenvalue weighted by molar-refractivity contribution is 9.10. The fourth-order valence-corrected chi connectivity index (χ4v) is 4.83. The topological polar surface area (TPSA) is 87.7 Å². The summed E-state index contributed by atoms with van der Waals surface area (Å²) in [4.78, 5) is 15.3. The molecule has 2 aromatic rings. The maximum Gasteiger partial charge on any atom is 0.242 e. The number of sulfonamides is 1. The van der Waals surface area contributed by atoms with Crippen molar-refractivity contribution < 1.29 is 17.9 Å². The van der Waals surface area contributed by atoms with Crippen LogP contribution in [0.15, 0.2) is 57.9 Å². The zero-order chi connectivity index (χ0) is 22.4. The van der Waals surface area contributed by atoms with Crippen molar-refractivity contribution in [1.82, 2.24) is 4.72 Å². The van der Waals surface area contributed by atoms with Crippen LogP contribution in [0.5, 0.6) is 0 Å². The average molecular weight is 510 g/mol. The van der Waals surface area contributed by atoms with Crippen LogP contribution < -0.4 is 14.9 Å². The van der Waals surface area contributed by atoms with E-state index in [4.69, 9.17) is 4.74 Å². The lowest BCUT2D eigenvalue weighted by atomic mass is 10.0. The zero-order valence-electron chi connectivity index (χ0n) is 17.7. The SMILES string of the molecule is CC(C)CC(NS(=O)(=O)c1ccc(Br)cc1)C(=O)Nc1ccc(N2CCOCC2)cc1. The van der Waals surface area contributed by atoms with Crippen LogP contribution in [0.1, 0.15) is 20.3 Å². The first kappa shape index (κ1) is 23.7. The van der Waals surface area contributed by atoms with Crippen molar-refractivity contribution in [3.8, 4) is 0 Å². The van der Waals surface area contributed by atoms with Crippen LogP contribution in [0.25, 0.3) is 0 Å². The smallest absolute Gasteiger partial charge is 0.242 e. The van der Waals surface area contributed by atoms with Gasteiger partial charge in [-0.15, -0.1) is 0 Å². The van der Waals surface area contributed by atoms with Gasteiger partial charge in [-0.2, -0.15) is 4.72 Å². The molecular weight excluding hydrogens is 482 g/mol. The van der Waals surface area contributed by atoms with Crippen molar-refractivity contribution in [3.63, 3.8) is 0 Å². The molecule has 1 aliphatic rings. The lowest BCUT2D eigenvalue weighted by molar-refractivity contribution is -0.118. The molecule has 1 amide bonds. The maximum absolute atomic E-state index is 12.9. The van der Waals surface area contributed by atoms with Crippen LogP contribution in [0.3, 0.4) is 0 Å². The molecule has 0 spiro atoms. The second kappa shape index (κ2) is 10.6. The Morgan fingerprint density at radius 1 is 1.06 bits per heavy atom. The number of carbonyl (C=O) groups excluding carboxylic acids is 1. The molecule has 0 radical (unpaired) electrons. The number of anilines is 2. The van der Waals surface area contributed by atoms with Crippen LogP contribution in [0, 0.1) is 5.92 Å². The molecule has 7 nitrogen and oxygen atoms in total. The van der Waals surface area contributed by atoms with Gasteiger partial charge in [-0.05, 0) is 60.9 Å². The predicted molar refractivity (Wildman–Crippen MR) is 126 cm³/mol. The number of halogens is 1. The number of rotatable bonds is 8. The summed E-state index contributed by atoms with van der Waals surface area (Å²) in [7, 11) is -3.83. The second-order valence-corrected chi connectivity index (χ2v) is 10.5. The molecule has 0 aliphatic carbocycles. The van der Waals surface area contributed by atoms with Gasteiger partial charge >= 0.3 is 0 Å². The number of nitrogens with one attached hydrogen (secondary N) is 2. The number of ether oxygens (including phenoxy) is 1. The van der Waals surface area contributed by atoms with Crippen molar-refractivity contribution in [2.75, 3.05) is 36.5 Å². The van der Waals surface area contributed by atoms with Crippen molar-refractivity contribution in [3.05, 3.63) is 53.0 Å². The summed E-state index contributed by atoms with van der Waals surface area (Å²) >= 11 is 3.30. The van der Waals surface area contributed by atoms with Crippen LogP contribution >= 0.6 is 15.9 Å². The minimum atomic E-state index is -3.83. The molecule has 1 unspecified atom stereocenters. The molecule has 0 saturated carbocycles. The van der Waals surface area contributed by atoms with E-state index < -0.39 is 16.1 Å². The number of nitrogens with zero attached hydrogens (tertiary/aromatic N) is 1. The van der Waals surface area contributed by atoms with Crippen LogP contribution in [-0.2, 0) is 19.6 Å². The quantitative estimate of drug-likeness (QED) is 0.567. The Balaban J connectivity index is 1.70. The summed E-state index contributed by atoms with van der Waals surface area (Å²) in [5.41, 5.74) is 1.69. The molecule has 2 aromatic carbocycles. The fraction of sp³-hybridized carbons (Fsp3) is 0.409. The van der Waals surface area contributed by atoms with Gasteiger partial charge in [0.05, 0.1) is 18.1 Å². The van der Waals surface area contributed by atoms with Crippen molar-refractivity contribution in [1.29, 1.82) is 0 Å². The predicted octanol–water partition coefficient (Wildman–Crippen LogP) is 3.62. The first-order valence-corrected chi connectivity index (χ1v) is 12.5. The normalized spacial score (nSPS) is 15.7. The minimum absolute atomic E-state index is 0.118. The number of hydrogen-bond donors (Lipinski definition) is 2. The summed E-state index contributed by atoms with van der Waals surface area (Å²) in [6.45, 7) is 6.97. The van der Waals surface area contributed by atoms with E-state index >= 15 is 0 Å². The van der Waals surface area contributed by atoms with E-state index in [1.807, 2.05) is 38.1 Å². The fourth-order valence-electron chi connectivity index (χ4n) is 3.36. The first-order chi connectivity index (χ1) is 14.7. The van der Waals surface area contributed by atoms with E-state index in [-0.39, 0.29) is 16.7 Å². The first-order valence-electron chi connectivity index (χ1n) is 10.3. The third-order valence-corrected chi connectivity index (χ3v) is 6.97. The van der Waals surface area contributed by atoms with Gasteiger partial charge in [-0.3, -0.25) is 4.79 Å². The van der Waals surface area contributed by atoms with E-state index in [0.717, 1.165) is 23.2 Å². The molecule has 1 heterocycles. The third-order valence-electron chi connectivity index (χ3n) is 4.96. The highest BCUT2D eigenvalue weighted by Crippen LogP contribution is 2.20. The van der Waals surface area contributed by atoms with Crippen molar-refractivity contribution in [2.24, 2.45) is 5.92 Å². The van der Waals surface area contributed by atoms with E-state index in [1.54, 1.807) is 12.1 Å². The average Bonchev–Trinajstić information content (AvgIpc) is 2.74. The Labute approximate surface area is 192 Å². The summed E-state index contributed by atoms with van der Waals surface area (Å²) in [5.74, 6) is -0.249. The number of amides is 1. The van der Waals surface area contributed by atoms with Crippen LogP contribution in [-0.4, -0.2) is 46.7 Å². The minimum Gasteiger partial charge on any atom is -0.378 e. The Hall–Kier alpha value is -1.94. The Bertz CT molecular complexity index is 973. The van der Waals surface area contributed by atoms with Crippen LogP contribution in [0.2, 0.25) is 0 Å². The van der Waals surface area contributed by atoms with E-state index in [2.05, 4.69) is 30.9 Å². The Morgan fingerprint density at radius 2 is 1.68 bits per heavy atom. The molecule has 1 saturated heterocycles. The third kappa shape index (κ3) is 6.77.